The number of para-hydroxylation sites is 1. The highest BCUT2D eigenvalue weighted by Crippen LogP contribution is 2.26. The summed E-state index contributed by atoms with van der Waals surface area (Å²) in [4.78, 5) is 25.7. The molecule has 0 atom stereocenters. The molecule has 0 saturated carbocycles. The molecule has 0 spiro atoms. The Morgan fingerprint density at radius 1 is 1.26 bits per heavy atom. The predicted octanol–water partition coefficient (Wildman–Crippen LogP) is 3.28. The van der Waals surface area contributed by atoms with Gasteiger partial charge >= 0.3 is 5.97 Å². The Bertz CT molecular complexity index is 722. The van der Waals surface area contributed by atoms with Crippen LogP contribution in [0.15, 0.2) is 47.2 Å². The van der Waals surface area contributed by atoms with Gasteiger partial charge in [0, 0.05) is 18.3 Å². The van der Waals surface area contributed by atoms with Crippen molar-refractivity contribution in [1.29, 1.82) is 0 Å². The van der Waals surface area contributed by atoms with Crippen molar-refractivity contribution in [2.45, 2.75) is 12.8 Å². The van der Waals surface area contributed by atoms with Gasteiger partial charge in [-0.2, -0.15) is 11.3 Å². The first-order valence-electron chi connectivity index (χ1n) is 7.49. The minimum absolute atomic E-state index is 0.186. The van der Waals surface area contributed by atoms with Crippen LogP contribution in [0.2, 0.25) is 0 Å². The molecule has 1 aromatic carbocycles. The minimum atomic E-state index is -0.505. The number of fused-ring (bicyclic) bond motifs is 1. The quantitative estimate of drug-likeness (QED) is 0.639. The second kappa shape index (κ2) is 7.24. The van der Waals surface area contributed by atoms with Crippen molar-refractivity contribution < 1.29 is 14.3 Å². The summed E-state index contributed by atoms with van der Waals surface area (Å²) in [5, 5.41) is 3.86. The van der Waals surface area contributed by atoms with Crippen molar-refractivity contribution in [3.63, 3.8) is 0 Å². The molecule has 0 N–H and O–H groups in total. The van der Waals surface area contributed by atoms with Crippen molar-refractivity contribution in [3.05, 3.63) is 58.3 Å². The van der Waals surface area contributed by atoms with Crippen LogP contribution in [0.5, 0.6) is 0 Å². The van der Waals surface area contributed by atoms with E-state index in [1.54, 1.807) is 22.3 Å². The molecule has 1 aromatic heterocycles. The summed E-state index contributed by atoms with van der Waals surface area (Å²) >= 11 is 1.56. The number of carbonyl (C=O) groups is 2. The molecule has 4 nitrogen and oxygen atoms in total. The molecule has 2 aromatic rings. The second-order valence-electron chi connectivity index (χ2n) is 5.28. The lowest BCUT2D eigenvalue weighted by molar-refractivity contribution is -0.142. The van der Waals surface area contributed by atoms with E-state index in [9.17, 15) is 9.59 Å². The van der Waals surface area contributed by atoms with Crippen LogP contribution in [-0.4, -0.2) is 25.0 Å². The highest BCUT2D eigenvalue weighted by Gasteiger charge is 2.22. The monoisotopic (exact) mass is 327 g/mol. The van der Waals surface area contributed by atoms with Gasteiger partial charge in [0.25, 0.3) is 5.91 Å². The summed E-state index contributed by atoms with van der Waals surface area (Å²) in [6.07, 6.45) is 4.93. The van der Waals surface area contributed by atoms with E-state index >= 15 is 0 Å². The molecule has 1 aliphatic rings. The molecule has 118 valence electrons. The van der Waals surface area contributed by atoms with E-state index in [1.807, 2.05) is 41.1 Å². The summed E-state index contributed by atoms with van der Waals surface area (Å²) in [6.45, 7) is 0.430. The van der Waals surface area contributed by atoms with Crippen LogP contribution in [0, 0.1) is 0 Å². The number of aryl methyl sites for hydroxylation is 1. The zero-order valence-electron chi connectivity index (χ0n) is 12.6. The van der Waals surface area contributed by atoms with Gasteiger partial charge in [0.15, 0.2) is 6.61 Å². The zero-order valence-corrected chi connectivity index (χ0v) is 13.4. The summed E-state index contributed by atoms with van der Waals surface area (Å²) in [5.74, 6) is -0.690. The second-order valence-corrected chi connectivity index (χ2v) is 6.06. The fourth-order valence-corrected chi connectivity index (χ4v) is 3.21. The number of thiophene rings is 1. The molecule has 0 unspecified atom stereocenters. The fraction of sp³-hybridized carbons (Fsp3) is 0.222. The van der Waals surface area contributed by atoms with Crippen molar-refractivity contribution in [3.8, 4) is 0 Å². The van der Waals surface area contributed by atoms with E-state index in [2.05, 4.69) is 0 Å². The Kier molecular flexibility index (Phi) is 4.88. The summed E-state index contributed by atoms with van der Waals surface area (Å²) in [7, 11) is 0. The predicted molar refractivity (Wildman–Crippen MR) is 91.4 cm³/mol. The van der Waals surface area contributed by atoms with Gasteiger partial charge in [0.05, 0.1) is 0 Å². The maximum Gasteiger partial charge on any atom is 0.331 e. The number of rotatable bonds is 4. The summed E-state index contributed by atoms with van der Waals surface area (Å²) in [6, 6.07) is 9.77. The zero-order chi connectivity index (χ0) is 16.1. The molecule has 1 aliphatic heterocycles. The van der Waals surface area contributed by atoms with Crippen LogP contribution in [0.1, 0.15) is 17.5 Å². The van der Waals surface area contributed by atoms with Crippen LogP contribution >= 0.6 is 11.3 Å². The Labute approximate surface area is 139 Å². The lowest BCUT2D eigenvalue weighted by Gasteiger charge is -2.29. The van der Waals surface area contributed by atoms with Crippen molar-refractivity contribution in [2.75, 3.05) is 18.1 Å². The molecule has 5 heteroatoms. The van der Waals surface area contributed by atoms with Gasteiger partial charge < -0.3 is 9.64 Å². The fourth-order valence-electron chi connectivity index (χ4n) is 2.59. The first-order valence-corrected chi connectivity index (χ1v) is 8.43. The number of esters is 1. The minimum Gasteiger partial charge on any atom is -0.452 e. The van der Waals surface area contributed by atoms with Crippen molar-refractivity contribution in [1.82, 2.24) is 0 Å². The Morgan fingerprint density at radius 2 is 2.13 bits per heavy atom. The first-order chi connectivity index (χ1) is 11.2. The molecule has 0 fully saturated rings. The van der Waals surface area contributed by atoms with Crippen LogP contribution in [0.25, 0.3) is 6.08 Å². The number of hydrogen-bond donors (Lipinski definition) is 0. The summed E-state index contributed by atoms with van der Waals surface area (Å²) in [5.41, 5.74) is 3.03. The molecule has 2 heterocycles. The van der Waals surface area contributed by atoms with Gasteiger partial charge in [0.2, 0.25) is 0 Å². The van der Waals surface area contributed by atoms with Gasteiger partial charge in [-0.1, -0.05) is 18.2 Å². The number of ether oxygens (including phenoxy) is 1. The third kappa shape index (κ3) is 3.87. The van der Waals surface area contributed by atoms with Gasteiger partial charge in [-0.3, -0.25) is 4.79 Å². The maximum atomic E-state index is 12.3. The first kappa shape index (κ1) is 15.5. The van der Waals surface area contributed by atoms with E-state index in [1.165, 1.54) is 6.08 Å². The Morgan fingerprint density at radius 3 is 2.96 bits per heavy atom. The van der Waals surface area contributed by atoms with E-state index in [0.29, 0.717) is 6.54 Å². The van der Waals surface area contributed by atoms with Crippen molar-refractivity contribution in [2.24, 2.45) is 0 Å². The summed E-state index contributed by atoms with van der Waals surface area (Å²) < 4.78 is 5.06. The molecule has 3 rings (SSSR count). The van der Waals surface area contributed by atoms with Gasteiger partial charge in [-0.15, -0.1) is 0 Å². The van der Waals surface area contributed by atoms with E-state index in [0.717, 1.165) is 29.7 Å². The number of amides is 1. The van der Waals surface area contributed by atoms with E-state index in [-0.39, 0.29) is 12.5 Å². The lowest BCUT2D eigenvalue weighted by Crippen LogP contribution is -2.38. The molecular formula is C18H17NO3S. The molecule has 0 radical (unpaired) electrons. The normalized spacial score (nSPS) is 13.8. The molecule has 1 amide bonds. The van der Waals surface area contributed by atoms with E-state index in [4.69, 9.17) is 4.74 Å². The Balaban J connectivity index is 1.57. The number of anilines is 1. The number of benzene rings is 1. The number of carbonyl (C=O) groups excluding carboxylic acids is 2. The number of nitrogens with zero attached hydrogens (tertiary/aromatic N) is 1. The van der Waals surface area contributed by atoms with Crippen LogP contribution in [-0.2, 0) is 20.7 Å². The molecular weight excluding hydrogens is 310 g/mol. The van der Waals surface area contributed by atoms with E-state index < -0.39 is 5.97 Å². The Hall–Kier alpha value is -2.40. The maximum absolute atomic E-state index is 12.3. The number of hydrogen-bond acceptors (Lipinski definition) is 4. The topological polar surface area (TPSA) is 46.6 Å². The van der Waals surface area contributed by atoms with Gasteiger partial charge in [0.1, 0.15) is 0 Å². The average Bonchev–Trinajstić information content (AvgIpc) is 3.11. The average molecular weight is 327 g/mol. The van der Waals surface area contributed by atoms with Crippen LogP contribution < -0.4 is 4.90 Å². The molecule has 0 saturated heterocycles. The SMILES string of the molecule is O=C(/C=C/c1ccsc1)OCC(=O)N1CCCc2ccccc21. The smallest absolute Gasteiger partial charge is 0.331 e. The van der Waals surface area contributed by atoms with Crippen molar-refractivity contribution >= 4 is 35.0 Å². The highest BCUT2D eigenvalue weighted by molar-refractivity contribution is 7.08. The molecule has 0 aliphatic carbocycles. The highest BCUT2D eigenvalue weighted by atomic mass is 32.1. The van der Waals surface area contributed by atoms with Crippen LogP contribution in [0.3, 0.4) is 0 Å². The molecule has 23 heavy (non-hydrogen) atoms. The molecule has 0 bridgehead atoms. The third-order valence-electron chi connectivity index (χ3n) is 3.70. The van der Waals surface area contributed by atoms with Crippen LogP contribution in [0.4, 0.5) is 5.69 Å². The largest absolute Gasteiger partial charge is 0.452 e. The van der Waals surface area contributed by atoms with Gasteiger partial charge in [-0.25, -0.2) is 4.79 Å². The lowest BCUT2D eigenvalue weighted by atomic mass is 10.0. The van der Waals surface area contributed by atoms with Gasteiger partial charge in [-0.05, 0) is 52.9 Å². The third-order valence-corrected chi connectivity index (χ3v) is 4.41. The standard InChI is InChI=1S/C18H17NO3S/c20-17(12-22-18(21)8-7-14-9-11-23-13-14)19-10-3-5-15-4-1-2-6-16(15)19/h1-2,4,6-9,11,13H,3,5,10,12H2/b8-7+.